The Morgan fingerprint density at radius 3 is 2.41 bits per heavy atom. The number of sulfonamides is 1. The zero-order chi connectivity index (χ0) is 22.7. The molecule has 3 heterocycles. The highest BCUT2D eigenvalue weighted by atomic mass is 32.2. The van der Waals surface area contributed by atoms with E-state index in [0.29, 0.717) is 37.4 Å². The second kappa shape index (κ2) is 7.34. The normalized spacial score (nSPS) is 22.7. The maximum atomic E-state index is 13.0. The molecule has 0 bridgehead atoms. The van der Waals surface area contributed by atoms with E-state index in [-0.39, 0.29) is 31.8 Å². The molecule has 12 heteroatoms. The van der Waals surface area contributed by atoms with Crippen LogP contribution < -0.4 is 5.32 Å². The predicted molar refractivity (Wildman–Crippen MR) is 108 cm³/mol. The fourth-order valence-electron chi connectivity index (χ4n) is 4.31. The lowest BCUT2D eigenvalue weighted by Crippen LogP contribution is -2.64. The van der Waals surface area contributed by atoms with E-state index in [4.69, 9.17) is 4.42 Å². The average molecular weight is 472 g/mol. The topological polar surface area (TPSA) is 95.8 Å². The van der Waals surface area contributed by atoms with E-state index in [0.717, 1.165) is 10.4 Å². The zero-order valence-corrected chi connectivity index (χ0v) is 18.0. The number of carbonyl (C=O) groups is 1. The van der Waals surface area contributed by atoms with Crippen molar-refractivity contribution in [2.75, 3.05) is 26.2 Å². The minimum Gasteiger partial charge on any atom is -0.440 e. The van der Waals surface area contributed by atoms with Gasteiger partial charge in [-0.2, -0.15) is 13.2 Å². The molecule has 32 heavy (non-hydrogen) atoms. The standard InChI is InChI=1S/C20H23F3N4O4S/c21-20(22,23)19(7-8-19)25-18(28)26-11-14(12-26)32(29,30)27-9-5-13(6-10-27)17-24-15-3-1-2-4-16(15)31-17/h1-4,13-14H,5-12H2,(H,25,28). The predicted octanol–water partition coefficient (Wildman–Crippen LogP) is 2.83. The number of likely N-dealkylation sites (tertiary alicyclic amines) is 1. The first-order valence-electron chi connectivity index (χ1n) is 10.6. The maximum absolute atomic E-state index is 13.0. The Kier molecular flexibility index (Phi) is 4.93. The maximum Gasteiger partial charge on any atom is 0.411 e. The fourth-order valence-corrected chi connectivity index (χ4v) is 6.19. The Labute approximate surface area is 182 Å². The highest BCUT2D eigenvalue weighted by Crippen LogP contribution is 2.49. The Morgan fingerprint density at radius 1 is 1.16 bits per heavy atom. The van der Waals surface area contributed by atoms with Crippen LogP contribution in [-0.4, -0.2) is 71.8 Å². The molecule has 2 amide bonds. The average Bonchev–Trinajstić information content (AvgIpc) is 3.36. The Balaban J connectivity index is 1.15. The lowest BCUT2D eigenvalue weighted by molar-refractivity contribution is -0.163. The first-order valence-corrected chi connectivity index (χ1v) is 12.1. The van der Waals surface area contributed by atoms with Crippen molar-refractivity contribution in [3.63, 3.8) is 0 Å². The van der Waals surface area contributed by atoms with Gasteiger partial charge < -0.3 is 14.6 Å². The summed E-state index contributed by atoms with van der Waals surface area (Å²) < 4.78 is 72.1. The number of hydrogen-bond acceptors (Lipinski definition) is 5. The van der Waals surface area contributed by atoms with Crippen LogP contribution in [0.1, 0.15) is 37.5 Å². The van der Waals surface area contributed by atoms with Crippen LogP contribution in [-0.2, 0) is 10.0 Å². The van der Waals surface area contributed by atoms with Gasteiger partial charge in [0.05, 0.1) is 0 Å². The number of nitrogens with one attached hydrogen (secondary N) is 1. The lowest BCUT2D eigenvalue weighted by Gasteiger charge is -2.42. The summed E-state index contributed by atoms with van der Waals surface area (Å²) in [5.41, 5.74) is -0.687. The number of alkyl halides is 3. The number of halogens is 3. The summed E-state index contributed by atoms with van der Waals surface area (Å²) in [6, 6.07) is 6.58. The molecule has 1 N–H and O–H groups in total. The molecule has 2 aromatic rings. The molecule has 0 radical (unpaired) electrons. The van der Waals surface area contributed by atoms with Crippen molar-refractivity contribution in [2.45, 2.75) is 48.6 Å². The van der Waals surface area contributed by atoms with Gasteiger partial charge in [0, 0.05) is 32.1 Å². The van der Waals surface area contributed by atoms with Crippen molar-refractivity contribution >= 4 is 27.2 Å². The van der Waals surface area contributed by atoms with Crippen molar-refractivity contribution in [1.82, 2.24) is 19.5 Å². The van der Waals surface area contributed by atoms with Gasteiger partial charge >= 0.3 is 12.2 Å². The number of fused-ring (bicyclic) bond motifs is 1. The van der Waals surface area contributed by atoms with E-state index in [9.17, 15) is 26.4 Å². The van der Waals surface area contributed by atoms with Gasteiger partial charge in [-0.05, 0) is 37.8 Å². The number of nitrogens with zero attached hydrogens (tertiary/aromatic N) is 3. The lowest BCUT2D eigenvalue weighted by atomic mass is 9.98. The van der Waals surface area contributed by atoms with Gasteiger partial charge in [-0.1, -0.05) is 12.1 Å². The van der Waals surface area contributed by atoms with Crippen molar-refractivity contribution in [3.05, 3.63) is 30.2 Å². The highest BCUT2D eigenvalue weighted by molar-refractivity contribution is 7.89. The Hall–Kier alpha value is -2.34. The van der Waals surface area contributed by atoms with E-state index in [1.807, 2.05) is 29.6 Å². The Bertz CT molecular complexity index is 1100. The number of rotatable bonds is 4. The molecule has 5 rings (SSSR count). The molecule has 0 atom stereocenters. The monoisotopic (exact) mass is 472 g/mol. The summed E-state index contributed by atoms with van der Waals surface area (Å²) in [7, 11) is -3.64. The smallest absolute Gasteiger partial charge is 0.411 e. The van der Waals surface area contributed by atoms with Gasteiger partial charge in [0.25, 0.3) is 0 Å². The van der Waals surface area contributed by atoms with Crippen LogP contribution in [0.5, 0.6) is 0 Å². The number of carbonyl (C=O) groups excluding carboxylic acids is 1. The quantitative estimate of drug-likeness (QED) is 0.738. The second-order valence-electron chi connectivity index (χ2n) is 8.78. The molecular weight excluding hydrogens is 449 g/mol. The summed E-state index contributed by atoms with van der Waals surface area (Å²) in [5.74, 6) is 0.628. The van der Waals surface area contributed by atoms with E-state index >= 15 is 0 Å². The fraction of sp³-hybridized carbons (Fsp3) is 0.600. The molecular formula is C20H23F3N4O4S. The minimum absolute atomic E-state index is 0.0228. The molecule has 3 aliphatic rings. The molecule has 1 saturated carbocycles. The second-order valence-corrected chi connectivity index (χ2v) is 11.0. The number of urea groups is 1. The summed E-state index contributed by atoms with van der Waals surface area (Å²) in [5, 5.41) is 1.24. The molecule has 1 aliphatic carbocycles. The first-order chi connectivity index (χ1) is 15.1. The summed E-state index contributed by atoms with van der Waals surface area (Å²) in [6.45, 7) is 0.414. The molecule has 2 saturated heterocycles. The van der Waals surface area contributed by atoms with Gasteiger partial charge in [-0.15, -0.1) is 0 Å². The minimum atomic E-state index is -4.50. The van der Waals surface area contributed by atoms with E-state index in [1.165, 1.54) is 4.31 Å². The van der Waals surface area contributed by atoms with Crippen LogP contribution in [0.2, 0.25) is 0 Å². The highest BCUT2D eigenvalue weighted by Gasteiger charge is 2.65. The number of para-hydroxylation sites is 2. The van der Waals surface area contributed by atoms with Gasteiger partial charge in [-0.3, -0.25) is 0 Å². The number of aromatic nitrogens is 1. The van der Waals surface area contributed by atoms with E-state index < -0.39 is 33.0 Å². The molecule has 1 aromatic heterocycles. The van der Waals surface area contributed by atoms with Gasteiger partial charge in [0.2, 0.25) is 10.0 Å². The number of oxazole rings is 1. The molecule has 0 unspecified atom stereocenters. The van der Waals surface area contributed by atoms with Crippen molar-refractivity contribution in [2.24, 2.45) is 0 Å². The zero-order valence-electron chi connectivity index (χ0n) is 17.1. The third-order valence-corrected chi connectivity index (χ3v) is 8.89. The summed E-state index contributed by atoms with van der Waals surface area (Å²) in [4.78, 5) is 17.8. The largest absolute Gasteiger partial charge is 0.440 e. The molecule has 8 nitrogen and oxygen atoms in total. The molecule has 1 aromatic carbocycles. The molecule has 2 aliphatic heterocycles. The first kappa shape index (κ1) is 21.5. The molecule has 3 fully saturated rings. The number of amides is 2. The molecule has 174 valence electrons. The number of benzene rings is 1. The van der Waals surface area contributed by atoms with Crippen LogP contribution in [0.3, 0.4) is 0 Å². The Morgan fingerprint density at radius 2 is 1.81 bits per heavy atom. The van der Waals surface area contributed by atoms with Crippen LogP contribution >= 0.6 is 0 Å². The summed E-state index contributed by atoms with van der Waals surface area (Å²) in [6.07, 6.45) is -3.66. The number of piperidine rings is 1. The third-order valence-electron chi connectivity index (χ3n) is 6.67. The van der Waals surface area contributed by atoms with E-state index in [2.05, 4.69) is 4.98 Å². The van der Waals surface area contributed by atoms with Gasteiger partial charge in [-0.25, -0.2) is 22.5 Å². The van der Waals surface area contributed by atoms with Crippen LogP contribution in [0.15, 0.2) is 28.7 Å². The van der Waals surface area contributed by atoms with Crippen LogP contribution in [0, 0.1) is 0 Å². The van der Waals surface area contributed by atoms with Crippen LogP contribution in [0.25, 0.3) is 11.1 Å². The van der Waals surface area contributed by atoms with E-state index in [1.54, 1.807) is 0 Å². The van der Waals surface area contributed by atoms with Crippen LogP contribution in [0.4, 0.5) is 18.0 Å². The SMILES string of the molecule is O=C(NC1(C(F)(F)F)CC1)N1CC(S(=O)(=O)N2CCC(c3nc4ccccc4o3)CC2)C1. The van der Waals surface area contributed by atoms with Crippen molar-refractivity contribution < 1.29 is 30.8 Å². The number of hydrogen-bond donors (Lipinski definition) is 1. The van der Waals surface area contributed by atoms with Gasteiger partial charge in [0.15, 0.2) is 11.5 Å². The van der Waals surface area contributed by atoms with Crippen molar-refractivity contribution in [3.8, 4) is 0 Å². The van der Waals surface area contributed by atoms with Crippen molar-refractivity contribution in [1.29, 1.82) is 0 Å². The van der Waals surface area contributed by atoms with Gasteiger partial charge in [0.1, 0.15) is 16.3 Å². The third kappa shape index (κ3) is 3.62. The summed E-state index contributed by atoms with van der Waals surface area (Å²) >= 11 is 0. The molecule has 0 spiro atoms.